The van der Waals surface area contributed by atoms with E-state index in [1.54, 1.807) is 17.5 Å². The monoisotopic (exact) mass is 480 g/mol. The Hall–Kier alpha value is -1.87. The summed E-state index contributed by atoms with van der Waals surface area (Å²) >= 11 is 1.58. The maximum absolute atomic E-state index is 13.8. The summed E-state index contributed by atoms with van der Waals surface area (Å²) in [6, 6.07) is 0.284. The van der Waals surface area contributed by atoms with E-state index in [0.717, 1.165) is 87.7 Å². The van der Waals surface area contributed by atoms with Crippen molar-refractivity contribution in [3.63, 3.8) is 0 Å². The zero-order chi connectivity index (χ0) is 23.4. The Morgan fingerprint density at radius 1 is 1.24 bits per heavy atom. The van der Waals surface area contributed by atoms with E-state index in [9.17, 15) is 13.6 Å². The van der Waals surface area contributed by atoms with Crippen molar-refractivity contribution in [2.24, 2.45) is 5.92 Å². The number of piperidine rings is 1. The molecule has 182 valence electrons. The first-order chi connectivity index (χ1) is 15.8. The minimum Gasteiger partial charge on any atom is -0.364 e. The first kappa shape index (κ1) is 24.3. The first-order valence-electron chi connectivity index (χ1n) is 12.0. The van der Waals surface area contributed by atoms with E-state index < -0.39 is 5.92 Å². The van der Waals surface area contributed by atoms with Gasteiger partial charge in [-0.25, -0.2) is 13.8 Å². The second kappa shape index (κ2) is 10.6. The van der Waals surface area contributed by atoms with E-state index in [0.29, 0.717) is 18.0 Å². The first-order valence-corrected chi connectivity index (χ1v) is 12.8. The lowest BCUT2D eigenvalue weighted by Crippen LogP contribution is -2.39. The van der Waals surface area contributed by atoms with Crippen LogP contribution in [-0.2, 0) is 17.1 Å². The number of carbonyl (C=O) groups excluding carboxylic acids is 1. The van der Waals surface area contributed by atoms with Gasteiger partial charge in [0.1, 0.15) is 6.26 Å². The predicted octanol–water partition coefficient (Wildman–Crippen LogP) is 5.04. The maximum Gasteiger partial charge on any atom is 0.275 e. The van der Waals surface area contributed by atoms with Gasteiger partial charge in [0.15, 0.2) is 0 Å². The second-order valence-electron chi connectivity index (χ2n) is 9.71. The number of nitrogens with one attached hydrogen (secondary N) is 1. The highest BCUT2D eigenvalue weighted by Crippen LogP contribution is 2.37. The van der Waals surface area contributed by atoms with Crippen LogP contribution in [-0.4, -0.2) is 46.6 Å². The number of hydrogen-bond donors (Lipinski definition) is 1. The maximum atomic E-state index is 13.8. The van der Waals surface area contributed by atoms with Crippen LogP contribution in [0, 0.1) is 12.8 Å². The number of hydrogen-bond acceptors (Lipinski definition) is 6. The molecule has 0 spiro atoms. The Morgan fingerprint density at radius 3 is 2.61 bits per heavy atom. The third-order valence-corrected chi connectivity index (χ3v) is 8.03. The Morgan fingerprint density at radius 2 is 1.97 bits per heavy atom. The van der Waals surface area contributed by atoms with Crippen LogP contribution in [0.5, 0.6) is 0 Å². The number of thiazole rings is 1. The van der Waals surface area contributed by atoms with Crippen molar-refractivity contribution in [1.29, 1.82) is 0 Å². The standard InChI is InChI=1S/C24H34F2N4O2S/c1-16-27-14-20(33-16)13-22(31)28-19-5-3-17(4-6-19)7-10-30-11-8-18(9-12-30)23-21(15-32-29-23)24(2,25)26/h14-15,17-19H,3-13H2,1-2H3,(H,28,31). The lowest BCUT2D eigenvalue weighted by atomic mass is 9.83. The summed E-state index contributed by atoms with van der Waals surface area (Å²) in [5.74, 6) is -2.07. The fourth-order valence-electron chi connectivity index (χ4n) is 5.18. The van der Waals surface area contributed by atoms with Crippen molar-refractivity contribution >= 4 is 17.2 Å². The molecule has 2 fully saturated rings. The zero-order valence-electron chi connectivity index (χ0n) is 19.5. The summed E-state index contributed by atoms with van der Waals surface area (Å²) in [5, 5.41) is 8.09. The molecule has 1 aliphatic carbocycles. The molecule has 1 saturated carbocycles. The van der Waals surface area contributed by atoms with E-state index in [2.05, 4.69) is 20.4 Å². The van der Waals surface area contributed by atoms with Crippen molar-refractivity contribution in [1.82, 2.24) is 20.4 Å². The molecule has 2 aliphatic rings. The van der Waals surface area contributed by atoms with Gasteiger partial charge in [-0.2, -0.15) is 0 Å². The zero-order valence-corrected chi connectivity index (χ0v) is 20.3. The van der Waals surface area contributed by atoms with Gasteiger partial charge in [0.2, 0.25) is 5.91 Å². The molecular formula is C24H34F2N4O2S. The summed E-state index contributed by atoms with van der Waals surface area (Å²) < 4.78 is 32.4. The Balaban J connectivity index is 1.13. The number of carbonyl (C=O) groups is 1. The van der Waals surface area contributed by atoms with Gasteiger partial charge in [0.25, 0.3) is 5.92 Å². The number of aryl methyl sites for hydroxylation is 1. The van der Waals surface area contributed by atoms with Crippen molar-refractivity contribution in [3.8, 4) is 0 Å². The van der Waals surface area contributed by atoms with E-state index >= 15 is 0 Å². The molecule has 6 nitrogen and oxygen atoms in total. The number of likely N-dealkylation sites (tertiary alicyclic amines) is 1. The van der Waals surface area contributed by atoms with E-state index in [1.807, 2.05) is 6.92 Å². The number of amides is 1. The molecule has 1 saturated heterocycles. The Bertz CT molecular complexity index is 910. The number of nitrogens with zero attached hydrogens (tertiary/aromatic N) is 3. The van der Waals surface area contributed by atoms with Gasteiger partial charge in [-0.1, -0.05) is 5.16 Å². The Labute approximate surface area is 198 Å². The van der Waals surface area contributed by atoms with E-state index in [-0.39, 0.29) is 23.4 Å². The molecule has 0 aromatic carbocycles. The van der Waals surface area contributed by atoms with E-state index in [4.69, 9.17) is 4.52 Å². The van der Waals surface area contributed by atoms with Gasteiger partial charge in [0.05, 0.1) is 22.7 Å². The molecule has 0 atom stereocenters. The van der Waals surface area contributed by atoms with Crippen molar-refractivity contribution in [2.75, 3.05) is 19.6 Å². The summed E-state index contributed by atoms with van der Waals surface area (Å²) in [7, 11) is 0. The van der Waals surface area contributed by atoms with Crippen LogP contribution in [0.1, 0.15) is 78.9 Å². The lowest BCUT2D eigenvalue weighted by molar-refractivity contribution is -0.121. The van der Waals surface area contributed by atoms with Crippen LogP contribution in [0.15, 0.2) is 17.0 Å². The van der Waals surface area contributed by atoms with Gasteiger partial charge in [-0.05, 0) is 77.4 Å². The minimum atomic E-state index is -2.91. The SMILES string of the molecule is Cc1ncc(CC(=O)NC2CCC(CCN3CCC(c4nocc4C(C)(F)F)CC3)CC2)s1. The molecule has 1 aliphatic heterocycles. The van der Waals surface area contributed by atoms with E-state index in [1.165, 1.54) is 0 Å². The average Bonchev–Trinajstić information content (AvgIpc) is 3.43. The molecule has 4 rings (SSSR count). The second-order valence-corrected chi connectivity index (χ2v) is 11.0. The molecule has 33 heavy (non-hydrogen) atoms. The fourth-order valence-corrected chi connectivity index (χ4v) is 5.98. The number of alkyl halides is 2. The predicted molar refractivity (Wildman–Crippen MR) is 124 cm³/mol. The normalized spacial score (nSPS) is 23.0. The minimum absolute atomic E-state index is 0.0498. The van der Waals surface area contributed by atoms with Gasteiger partial charge >= 0.3 is 0 Å². The van der Waals surface area contributed by atoms with Crippen LogP contribution < -0.4 is 5.32 Å². The van der Waals surface area contributed by atoms with Gasteiger partial charge in [-0.15, -0.1) is 11.3 Å². The molecule has 0 bridgehead atoms. The number of rotatable bonds is 8. The average molecular weight is 481 g/mol. The van der Waals surface area contributed by atoms with Crippen LogP contribution in [0.25, 0.3) is 0 Å². The number of aromatic nitrogens is 2. The molecular weight excluding hydrogens is 446 g/mol. The molecule has 9 heteroatoms. The summed E-state index contributed by atoms with van der Waals surface area (Å²) in [6.07, 6.45) is 10.5. The third kappa shape index (κ3) is 6.59. The van der Waals surface area contributed by atoms with Crippen LogP contribution in [0.3, 0.4) is 0 Å². The molecule has 2 aromatic heterocycles. The lowest BCUT2D eigenvalue weighted by Gasteiger charge is -2.34. The number of halogens is 2. The van der Waals surface area contributed by atoms with Gasteiger partial charge < -0.3 is 14.7 Å². The van der Waals surface area contributed by atoms with Crippen LogP contribution in [0.4, 0.5) is 8.78 Å². The summed E-state index contributed by atoms with van der Waals surface area (Å²) in [5.41, 5.74) is 0.375. The molecule has 1 amide bonds. The third-order valence-electron chi connectivity index (χ3n) is 7.11. The highest BCUT2D eigenvalue weighted by Gasteiger charge is 2.35. The van der Waals surface area contributed by atoms with Crippen LogP contribution in [0.2, 0.25) is 0 Å². The molecule has 0 radical (unpaired) electrons. The Kier molecular flexibility index (Phi) is 7.79. The van der Waals surface area contributed by atoms with Crippen molar-refractivity contribution < 1.29 is 18.1 Å². The fraction of sp³-hybridized carbons (Fsp3) is 0.708. The molecule has 0 unspecified atom stereocenters. The molecule has 3 heterocycles. The smallest absolute Gasteiger partial charge is 0.275 e. The van der Waals surface area contributed by atoms with Gasteiger partial charge in [0, 0.05) is 30.0 Å². The highest BCUT2D eigenvalue weighted by atomic mass is 32.1. The quantitative estimate of drug-likeness (QED) is 0.573. The van der Waals surface area contributed by atoms with Crippen molar-refractivity contribution in [3.05, 3.63) is 33.6 Å². The largest absolute Gasteiger partial charge is 0.364 e. The van der Waals surface area contributed by atoms with Crippen molar-refractivity contribution in [2.45, 2.75) is 83.1 Å². The van der Waals surface area contributed by atoms with Crippen LogP contribution >= 0.6 is 11.3 Å². The van der Waals surface area contributed by atoms with Gasteiger partial charge in [-0.3, -0.25) is 4.79 Å². The molecule has 1 N–H and O–H groups in total. The summed E-state index contributed by atoms with van der Waals surface area (Å²) in [4.78, 5) is 20.0. The topological polar surface area (TPSA) is 71.3 Å². The molecule has 2 aromatic rings. The summed E-state index contributed by atoms with van der Waals surface area (Å²) in [6.45, 7) is 5.73. The highest BCUT2D eigenvalue weighted by molar-refractivity contribution is 7.11.